The number of rotatable bonds is 0. The van der Waals surface area contributed by atoms with Crippen LogP contribution in [0.2, 0.25) is 0 Å². The Morgan fingerprint density at radius 1 is 1.75 bits per heavy atom. The minimum Gasteiger partial charge on any atom is -0.180 e. The summed E-state index contributed by atoms with van der Waals surface area (Å²) in [5.41, 5.74) is 0. The highest BCUT2D eigenvalue weighted by Gasteiger charge is 1.30. The molecule has 0 fully saturated rings. The van der Waals surface area contributed by atoms with Crippen LogP contribution in [0, 0.1) is 0 Å². The van der Waals surface area contributed by atoms with Crippen LogP contribution in [0.3, 0.4) is 0 Å². The van der Waals surface area contributed by atoms with Crippen molar-refractivity contribution in [2.45, 2.75) is 0 Å². The average molecular weight is 120 g/mol. The fraction of sp³-hybridized carbons (Fsp3) is 0. The summed E-state index contributed by atoms with van der Waals surface area (Å²) in [5, 5.41) is 0. The van der Waals surface area contributed by atoms with Crippen LogP contribution in [0.1, 0.15) is 0 Å². The standard InChI is InChI=1S/ClH2NS.ClH/c1-2-3;/h2-3H;1H. The fourth-order valence-electron chi connectivity index (χ4n) is 0. The van der Waals surface area contributed by atoms with Crippen molar-refractivity contribution in [3.8, 4) is 0 Å². The first-order chi connectivity index (χ1) is 1.41. The second kappa shape index (κ2) is 9.10. The van der Waals surface area contributed by atoms with E-state index in [9.17, 15) is 0 Å². The first-order valence-corrected chi connectivity index (χ1v) is 1.24. The highest BCUT2D eigenvalue weighted by molar-refractivity contribution is 7.79. The summed E-state index contributed by atoms with van der Waals surface area (Å²) >= 11 is 7.92. The average Bonchev–Trinajstić information content (AvgIpc) is 0.918. The lowest BCUT2D eigenvalue weighted by Gasteiger charge is -1.53. The van der Waals surface area contributed by atoms with Gasteiger partial charge in [-0.05, 0) is 11.8 Å². The van der Waals surface area contributed by atoms with Gasteiger partial charge in [-0.15, -0.1) is 12.4 Å². The lowest BCUT2D eigenvalue weighted by Crippen LogP contribution is -1.59. The van der Waals surface area contributed by atoms with Crippen LogP contribution >= 0.6 is 37.0 Å². The van der Waals surface area contributed by atoms with E-state index >= 15 is 0 Å². The van der Waals surface area contributed by atoms with Gasteiger partial charge in [-0.2, -0.15) is 4.24 Å². The molecule has 0 aromatic heterocycles. The van der Waals surface area contributed by atoms with Gasteiger partial charge >= 0.3 is 0 Å². The molecule has 0 heterocycles. The zero-order chi connectivity index (χ0) is 2.71. The number of hydrogen-bond donors (Lipinski definition) is 2. The van der Waals surface area contributed by atoms with Gasteiger partial charge in [0.2, 0.25) is 0 Å². The van der Waals surface area contributed by atoms with Crippen LogP contribution in [0.25, 0.3) is 0 Å². The summed E-state index contributed by atoms with van der Waals surface area (Å²) in [6, 6.07) is 0. The third kappa shape index (κ3) is 13.0. The van der Waals surface area contributed by atoms with Gasteiger partial charge in [0.1, 0.15) is 0 Å². The van der Waals surface area contributed by atoms with E-state index < -0.39 is 0 Å². The molecular weight excluding hydrogens is 117 g/mol. The Bertz CT molecular complexity index is 6.00. The van der Waals surface area contributed by atoms with Crippen molar-refractivity contribution in [2.75, 3.05) is 0 Å². The van der Waals surface area contributed by atoms with Crippen molar-refractivity contribution < 1.29 is 0 Å². The smallest absolute Gasteiger partial charge is 0.0138 e. The third-order valence-electron chi connectivity index (χ3n) is 0. The third-order valence-corrected chi connectivity index (χ3v) is 0. The van der Waals surface area contributed by atoms with Gasteiger partial charge in [0.05, 0.1) is 0 Å². The van der Waals surface area contributed by atoms with Gasteiger partial charge in [-0.25, -0.2) is 0 Å². The fourth-order valence-corrected chi connectivity index (χ4v) is 0. The van der Waals surface area contributed by atoms with Crippen LogP contribution in [0.15, 0.2) is 0 Å². The molecule has 0 saturated carbocycles. The number of thiol groups is 1. The zero-order valence-corrected chi connectivity index (χ0v) is 4.20. The maximum atomic E-state index is 4.61. The van der Waals surface area contributed by atoms with Crippen LogP contribution in [-0.2, 0) is 0 Å². The van der Waals surface area contributed by atoms with Crippen molar-refractivity contribution >= 4 is 37.0 Å². The molecule has 0 rings (SSSR count). The molecule has 1 nitrogen and oxygen atoms in total. The molecule has 0 atom stereocenters. The van der Waals surface area contributed by atoms with Gasteiger partial charge in [0.25, 0.3) is 0 Å². The van der Waals surface area contributed by atoms with Gasteiger partial charge < -0.3 is 0 Å². The second-order valence-corrected chi connectivity index (χ2v) is 0.761. The summed E-state index contributed by atoms with van der Waals surface area (Å²) in [6.07, 6.45) is 0. The molecule has 28 valence electrons. The Hall–Kier alpha value is 0.890. The van der Waals surface area contributed by atoms with E-state index in [0.29, 0.717) is 0 Å². The first kappa shape index (κ1) is 8.86. The van der Waals surface area contributed by atoms with E-state index in [1.54, 1.807) is 0 Å². The monoisotopic (exact) mass is 119 g/mol. The predicted molar refractivity (Wildman–Crippen MR) is 25.2 cm³/mol. The van der Waals surface area contributed by atoms with Crippen molar-refractivity contribution in [2.24, 2.45) is 0 Å². The Morgan fingerprint density at radius 2 is 1.75 bits per heavy atom. The lowest BCUT2D eigenvalue weighted by atomic mass is 13.9. The second-order valence-electron chi connectivity index (χ2n) is 0.0845. The Balaban J connectivity index is 0. The molecule has 0 aliphatic heterocycles. The Morgan fingerprint density at radius 3 is 1.75 bits per heavy atom. The van der Waals surface area contributed by atoms with Crippen molar-refractivity contribution in [3.05, 3.63) is 0 Å². The molecule has 4 heteroatoms. The topological polar surface area (TPSA) is 12.0 Å². The minimum atomic E-state index is 0. The molecule has 0 aliphatic rings. The van der Waals surface area contributed by atoms with Gasteiger partial charge in [0.15, 0.2) is 0 Å². The summed E-state index contributed by atoms with van der Waals surface area (Å²) in [6.45, 7) is 0. The van der Waals surface area contributed by atoms with Gasteiger partial charge in [-0.1, -0.05) is 12.8 Å². The first-order valence-electron chi connectivity index (χ1n) is 0.413. The molecule has 4 heavy (non-hydrogen) atoms. The molecule has 0 bridgehead atoms. The maximum absolute atomic E-state index is 4.61. The number of nitrogens with one attached hydrogen (secondary N) is 1. The van der Waals surface area contributed by atoms with Crippen LogP contribution in [-0.4, -0.2) is 0 Å². The van der Waals surface area contributed by atoms with Crippen molar-refractivity contribution in [1.82, 2.24) is 4.24 Å². The number of hydrogen-bond acceptors (Lipinski definition) is 2. The molecule has 0 radical (unpaired) electrons. The molecule has 1 N–H and O–H groups in total. The van der Waals surface area contributed by atoms with E-state index in [0.717, 1.165) is 0 Å². The Labute approximate surface area is 41.8 Å². The van der Waals surface area contributed by atoms with E-state index in [-0.39, 0.29) is 12.4 Å². The summed E-state index contributed by atoms with van der Waals surface area (Å²) in [5.74, 6) is 0. The molecule has 0 aromatic rings. The van der Waals surface area contributed by atoms with Gasteiger partial charge in [0, 0.05) is 0 Å². The summed E-state index contributed by atoms with van der Waals surface area (Å²) in [4.78, 5) is 0. The normalized spacial score (nSPS) is 4.50. The SMILES string of the molecule is Cl.SNCl. The largest absolute Gasteiger partial charge is 0.180 e. The molecule has 0 amide bonds. The number of halogens is 2. The zero-order valence-electron chi connectivity index (χ0n) is 1.73. The van der Waals surface area contributed by atoms with E-state index in [4.69, 9.17) is 0 Å². The predicted octanol–water partition coefficient (Wildman–Crippen LogP) is 0.996. The lowest BCUT2D eigenvalue weighted by molar-refractivity contribution is 1.76. The summed E-state index contributed by atoms with van der Waals surface area (Å²) < 4.78 is 1.92. The molecule has 0 spiro atoms. The van der Waals surface area contributed by atoms with Crippen molar-refractivity contribution in [1.29, 1.82) is 0 Å². The van der Waals surface area contributed by atoms with E-state index in [2.05, 4.69) is 24.6 Å². The van der Waals surface area contributed by atoms with Gasteiger partial charge in [-0.3, -0.25) is 0 Å². The molecule has 0 aromatic carbocycles. The highest BCUT2D eigenvalue weighted by atomic mass is 35.5. The molecular formula is H3Cl2NS. The van der Waals surface area contributed by atoms with Crippen LogP contribution in [0.4, 0.5) is 0 Å². The highest BCUT2D eigenvalue weighted by Crippen LogP contribution is 1.55. The van der Waals surface area contributed by atoms with E-state index in [1.807, 2.05) is 4.24 Å². The quantitative estimate of drug-likeness (QED) is 0.359. The minimum absolute atomic E-state index is 0. The van der Waals surface area contributed by atoms with Crippen LogP contribution < -0.4 is 4.24 Å². The van der Waals surface area contributed by atoms with Crippen LogP contribution in [0.5, 0.6) is 0 Å². The Kier molecular flexibility index (Phi) is 20.1. The maximum Gasteiger partial charge on any atom is -0.0138 e. The van der Waals surface area contributed by atoms with E-state index in [1.165, 1.54) is 0 Å². The van der Waals surface area contributed by atoms with Crippen molar-refractivity contribution in [3.63, 3.8) is 0 Å². The summed E-state index contributed by atoms with van der Waals surface area (Å²) in [7, 11) is 0. The molecule has 0 unspecified atom stereocenters. The molecule has 0 saturated heterocycles. The molecule has 0 aliphatic carbocycles.